The van der Waals surface area contributed by atoms with Crippen LogP contribution in [0.2, 0.25) is 20.1 Å². The highest BCUT2D eigenvalue weighted by Gasteiger charge is 2.18. The van der Waals surface area contributed by atoms with E-state index in [0.717, 1.165) is 0 Å². The highest BCUT2D eigenvalue weighted by Crippen LogP contribution is 2.35. The van der Waals surface area contributed by atoms with Gasteiger partial charge in [-0.05, 0) is 36.5 Å². The molecule has 2 aromatic rings. The molecule has 132 valence electrons. The summed E-state index contributed by atoms with van der Waals surface area (Å²) in [5, 5.41) is 15.2. The third kappa shape index (κ3) is 4.80. The second-order valence-electron chi connectivity index (χ2n) is 4.67. The van der Waals surface area contributed by atoms with E-state index < -0.39 is 5.91 Å². The number of halogens is 4. The number of rotatable bonds is 3. The van der Waals surface area contributed by atoms with Gasteiger partial charge in [0.15, 0.2) is 10.9 Å². The molecule has 0 fully saturated rings. The number of phenolic OH excluding ortho intramolecular Hbond substituents is 1. The minimum Gasteiger partial charge on any atom is -0.505 e. The van der Waals surface area contributed by atoms with Gasteiger partial charge in [-0.15, -0.1) is 0 Å². The standard InChI is InChI=1S/C15H10Cl4N2O3S/c1-24-13-8(2-6(16)3-11(13)19)14(23)21-15(25)20-7-4-9(17)12(22)10(18)5-7/h2-5,22H,1H3,(H2,20,21,23,25). The third-order valence-electron chi connectivity index (χ3n) is 2.96. The Kier molecular flexibility index (Phi) is 6.59. The van der Waals surface area contributed by atoms with Gasteiger partial charge in [-0.3, -0.25) is 10.1 Å². The Morgan fingerprint density at radius 2 is 1.68 bits per heavy atom. The predicted octanol–water partition coefficient (Wildman–Crippen LogP) is 5.14. The number of ether oxygens (including phenoxy) is 1. The molecular formula is C15H10Cl4N2O3S. The first-order valence-electron chi connectivity index (χ1n) is 6.56. The van der Waals surface area contributed by atoms with Crippen LogP contribution >= 0.6 is 58.6 Å². The van der Waals surface area contributed by atoms with E-state index in [1.54, 1.807) is 0 Å². The van der Waals surface area contributed by atoms with E-state index in [-0.39, 0.29) is 42.3 Å². The van der Waals surface area contributed by atoms with Gasteiger partial charge in [-0.25, -0.2) is 0 Å². The quantitative estimate of drug-likeness (QED) is 0.456. The molecule has 1 amide bonds. The van der Waals surface area contributed by atoms with E-state index >= 15 is 0 Å². The van der Waals surface area contributed by atoms with Gasteiger partial charge in [0.05, 0.1) is 27.7 Å². The number of methoxy groups -OCH3 is 1. The van der Waals surface area contributed by atoms with Crippen molar-refractivity contribution in [3.63, 3.8) is 0 Å². The van der Waals surface area contributed by atoms with Crippen LogP contribution in [0.5, 0.6) is 11.5 Å². The molecular weight excluding hydrogens is 430 g/mol. The summed E-state index contributed by atoms with van der Waals surface area (Å²) in [5.74, 6) is -0.654. The minimum atomic E-state index is -0.574. The lowest BCUT2D eigenvalue weighted by molar-refractivity contribution is 0.0975. The first-order chi connectivity index (χ1) is 11.7. The van der Waals surface area contributed by atoms with Crippen molar-refractivity contribution in [2.45, 2.75) is 0 Å². The number of phenols is 1. The van der Waals surface area contributed by atoms with E-state index in [1.807, 2.05) is 0 Å². The molecule has 0 aliphatic carbocycles. The van der Waals surface area contributed by atoms with Gasteiger partial charge in [0.2, 0.25) is 0 Å². The Balaban J connectivity index is 2.17. The maximum absolute atomic E-state index is 12.4. The van der Waals surface area contributed by atoms with Crippen molar-refractivity contribution >= 4 is 75.3 Å². The molecule has 0 heterocycles. The number of anilines is 1. The first-order valence-corrected chi connectivity index (χ1v) is 8.48. The number of thiocarbonyl (C=S) groups is 1. The summed E-state index contributed by atoms with van der Waals surface area (Å²) in [4.78, 5) is 12.4. The third-order valence-corrected chi connectivity index (χ3v) is 4.24. The lowest BCUT2D eigenvalue weighted by Crippen LogP contribution is -2.34. The number of nitrogens with one attached hydrogen (secondary N) is 2. The summed E-state index contributed by atoms with van der Waals surface area (Å²) in [6.07, 6.45) is 0. The van der Waals surface area contributed by atoms with Gasteiger partial charge in [0.1, 0.15) is 5.75 Å². The Morgan fingerprint density at radius 1 is 1.08 bits per heavy atom. The summed E-state index contributed by atoms with van der Waals surface area (Å²) in [6.45, 7) is 0. The number of benzene rings is 2. The first kappa shape index (κ1) is 19.9. The molecule has 0 bridgehead atoms. The monoisotopic (exact) mass is 438 g/mol. The van der Waals surface area contributed by atoms with Crippen molar-refractivity contribution in [2.24, 2.45) is 0 Å². The summed E-state index contributed by atoms with van der Waals surface area (Å²) in [6, 6.07) is 5.66. The Labute approximate surface area is 168 Å². The van der Waals surface area contributed by atoms with Gasteiger partial charge < -0.3 is 15.2 Å². The number of carbonyl (C=O) groups excluding carboxylic acids is 1. The highest BCUT2D eigenvalue weighted by atomic mass is 35.5. The zero-order valence-electron chi connectivity index (χ0n) is 12.5. The van der Waals surface area contributed by atoms with Gasteiger partial charge in [-0.1, -0.05) is 46.4 Å². The summed E-state index contributed by atoms with van der Waals surface area (Å²) in [5.41, 5.74) is 0.500. The minimum absolute atomic E-state index is 0.0269. The SMILES string of the molecule is COc1c(Cl)cc(Cl)cc1C(=O)NC(=S)Nc1cc(Cl)c(O)c(Cl)c1. The number of hydrogen-bond donors (Lipinski definition) is 3. The molecule has 2 rings (SSSR count). The fourth-order valence-electron chi connectivity index (χ4n) is 1.91. The van der Waals surface area contributed by atoms with Gasteiger partial charge >= 0.3 is 0 Å². The number of aromatic hydroxyl groups is 1. The molecule has 3 N–H and O–H groups in total. The average molecular weight is 440 g/mol. The second-order valence-corrected chi connectivity index (χ2v) is 6.73. The molecule has 0 atom stereocenters. The Morgan fingerprint density at radius 3 is 2.24 bits per heavy atom. The number of hydrogen-bond acceptors (Lipinski definition) is 4. The smallest absolute Gasteiger partial charge is 0.261 e. The summed E-state index contributed by atoms with van der Waals surface area (Å²) in [7, 11) is 1.38. The largest absolute Gasteiger partial charge is 0.505 e. The Bertz CT molecular complexity index is 838. The molecule has 0 saturated heterocycles. The fraction of sp³-hybridized carbons (Fsp3) is 0.0667. The van der Waals surface area contributed by atoms with Crippen molar-refractivity contribution in [1.82, 2.24) is 5.32 Å². The summed E-state index contributed by atoms with van der Waals surface area (Å²) >= 11 is 28.7. The van der Waals surface area contributed by atoms with Crippen LogP contribution in [0.15, 0.2) is 24.3 Å². The molecule has 0 saturated carbocycles. The van der Waals surface area contributed by atoms with Gasteiger partial charge in [0.25, 0.3) is 5.91 Å². The van der Waals surface area contributed by atoms with Crippen LogP contribution < -0.4 is 15.4 Å². The van der Waals surface area contributed by atoms with Gasteiger partial charge in [-0.2, -0.15) is 0 Å². The van der Waals surface area contributed by atoms with Crippen LogP contribution in [0.4, 0.5) is 5.69 Å². The number of carbonyl (C=O) groups is 1. The Hall–Kier alpha value is -1.44. The molecule has 0 spiro atoms. The van der Waals surface area contributed by atoms with E-state index in [2.05, 4.69) is 10.6 Å². The van der Waals surface area contributed by atoms with Crippen molar-refractivity contribution in [3.05, 3.63) is 49.9 Å². The van der Waals surface area contributed by atoms with Crippen LogP contribution in [-0.4, -0.2) is 23.2 Å². The van der Waals surface area contributed by atoms with Crippen LogP contribution in [0.25, 0.3) is 0 Å². The molecule has 2 aromatic carbocycles. The molecule has 25 heavy (non-hydrogen) atoms. The topological polar surface area (TPSA) is 70.6 Å². The van der Waals surface area contributed by atoms with Crippen LogP contribution in [0.3, 0.4) is 0 Å². The van der Waals surface area contributed by atoms with Crippen molar-refractivity contribution < 1.29 is 14.6 Å². The van der Waals surface area contributed by atoms with Crippen molar-refractivity contribution in [1.29, 1.82) is 0 Å². The maximum atomic E-state index is 12.4. The molecule has 10 heteroatoms. The number of amides is 1. The average Bonchev–Trinajstić information content (AvgIpc) is 2.51. The zero-order chi connectivity index (χ0) is 18.7. The van der Waals surface area contributed by atoms with Crippen LogP contribution in [-0.2, 0) is 0 Å². The van der Waals surface area contributed by atoms with Crippen molar-refractivity contribution in [2.75, 3.05) is 12.4 Å². The molecule has 0 aromatic heterocycles. The molecule has 0 aliphatic heterocycles. The molecule has 0 aliphatic rings. The molecule has 0 radical (unpaired) electrons. The van der Waals surface area contributed by atoms with E-state index in [9.17, 15) is 9.90 Å². The normalized spacial score (nSPS) is 10.3. The zero-order valence-corrected chi connectivity index (χ0v) is 16.3. The molecule has 5 nitrogen and oxygen atoms in total. The van der Waals surface area contributed by atoms with Crippen molar-refractivity contribution in [3.8, 4) is 11.5 Å². The van der Waals surface area contributed by atoms with Crippen LogP contribution in [0.1, 0.15) is 10.4 Å². The van der Waals surface area contributed by atoms with E-state index in [1.165, 1.54) is 31.4 Å². The predicted molar refractivity (Wildman–Crippen MR) is 105 cm³/mol. The molecule has 0 unspecified atom stereocenters. The van der Waals surface area contributed by atoms with Crippen LogP contribution in [0, 0.1) is 0 Å². The fourth-order valence-corrected chi connectivity index (χ4v) is 3.18. The van der Waals surface area contributed by atoms with Gasteiger partial charge in [0, 0.05) is 10.7 Å². The lowest BCUT2D eigenvalue weighted by atomic mass is 10.2. The second kappa shape index (κ2) is 8.29. The van der Waals surface area contributed by atoms with E-state index in [0.29, 0.717) is 5.69 Å². The summed E-state index contributed by atoms with van der Waals surface area (Å²) < 4.78 is 5.12. The lowest BCUT2D eigenvalue weighted by Gasteiger charge is -2.13. The highest BCUT2D eigenvalue weighted by molar-refractivity contribution is 7.80. The van der Waals surface area contributed by atoms with E-state index in [4.69, 9.17) is 63.4 Å². The maximum Gasteiger partial charge on any atom is 0.261 e.